The minimum Gasteiger partial charge on any atom is -0.391 e. The van der Waals surface area contributed by atoms with Crippen LogP contribution in [0, 0.1) is 5.41 Å². The standard InChI is InChI=1S/C14H33O6PSi/c1-8-18-21(16,19-9-2)13(20-22(6)7)17-11-12(15)10-14(3,4)5/h12-13,15,22H,8-11H2,1-7H3. The molecule has 0 aromatic rings. The molecule has 0 heterocycles. The van der Waals surface area contributed by atoms with Crippen molar-refractivity contribution in [2.75, 3.05) is 19.8 Å². The van der Waals surface area contributed by atoms with Crippen molar-refractivity contribution in [1.29, 1.82) is 0 Å². The topological polar surface area (TPSA) is 74.2 Å². The summed E-state index contributed by atoms with van der Waals surface area (Å²) in [6.45, 7) is 14.0. The molecule has 0 amide bonds. The first-order chi connectivity index (χ1) is 10.0. The predicted octanol–water partition coefficient (Wildman–Crippen LogP) is 3.35. The molecule has 0 aromatic heterocycles. The van der Waals surface area contributed by atoms with E-state index in [-0.39, 0.29) is 25.2 Å². The maximum absolute atomic E-state index is 12.8. The molecule has 1 N–H and O–H groups in total. The van der Waals surface area contributed by atoms with Crippen LogP contribution in [0.2, 0.25) is 13.1 Å². The van der Waals surface area contributed by atoms with E-state index >= 15 is 0 Å². The first kappa shape index (κ1) is 22.2. The molecule has 0 saturated heterocycles. The Hall–Kier alpha value is 0.247. The summed E-state index contributed by atoms with van der Waals surface area (Å²) in [5.41, 5.74) is -0.0184. The van der Waals surface area contributed by atoms with Crippen LogP contribution in [-0.4, -0.2) is 46.1 Å². The quantitative estimate of drug-likeness (QED) is 0.348. The molecule has 0 aliphatic rings. The molecule has 2 atom stereocenters. The lowest BCUT2D eigenvalue weighted by molar-refractivity contribution is -0.0807. The Bertz CT molecular complexity index is 335. The molecule has 0 bridgehead atoms. The van der Waals surface area contributed by atoms with E-state index in [4.69, 9.17) is 18.2 Å². The lowest BCUT2D eigenvalue weighted by Crippen LogP contribution is -2.30. The molecule has 0 spiro atoms. The van der Waals surface area contributed by atoms with Gasteiger partial charge in [0.1, 0.15) is 0 Å². The highest BCUT2D eigenvalue weighted by Crippen LogP contribution is 2.54. The van der Waals surface area contributed by atoms with Gasteiger partial charge in [-0.1, -0.05) is 20.8 Å². The third-order valence-corrected chi connectivity index (χ3v) is 5.59. The van der Waals surface area contributed by atoms with E-state index < -0.39 is 28.8 Å². The van der Waals surface area contributed by atoms with Crippen molar-refractivity contribution < 1.29 is 27.9 Å². The van der Waals surface area contributed by atoms with Gasteiger partial charge in [-0.25, -0.2) is 0 Å². The van der Waals surface area contributed by atoms with E-state index in [1.54, 1.807) is 13.8 Å². The molecule has 0 radical (unpaired) electrons. The number of hydrogen-bond acceptors (Lipinski definition) is 6. The van der Waals surface area contributed by atoms with Crippen LogP contribution in [0.25, 0.3) is 0 Å². The van der Waals surface area contributed by atoms with E-state index in [1.807, 2.05) is 33.9 Å². The normalized spacial score (nSPS) is 16.0. The third-order valence-electron chi connectivity index (χ3n) is 2.54. The summed E-state index contributed by atoms with van der Waals surface area (Å²) in [6, 6.07) is -1.08. The van der Waals surface area contributed by atoms with Crippen molar-refractivity contribution in [3.05, 3.63) is 0 Å². The van der Waals surface area contributed by atoms with Gasteiger partial charge in [-0.05, 0) is 38.8 Å². The van der Waals surface area contributed by atoms with Crippen LogP contribution in [-0.2, 0) is 22.8 Å². The zero-order chi connectivity index (χ0) is 17.4. The Morgan fingerprint density at radius 3 is 2.00 bits per heavy atom. The minimum atomic E-state index is -3.51. The van der Waals surface area contributed by atoms with Crippen molar-refractivity contribution in [3.8, 4) is 0 Å². The average Bonchev–Trinajstić information content (AvgIpc) is 2.32. The summed E-state index contributed by atoms with van der Waals surface area (Å²) in [5, 5.41) is 10.1. The summed E-state index contributed by atoms with van der Waals surface area (Å²) < 4.78 is 34.6. The molecular weight excluding hydrogens is 323 g/mol. The zero-order valence-corrected chi connectivity index (χ0v) is 17.0. The van der Waals surface area contributed by atoms with Gasteiger partial charge in [0.25, 0.3) is 6.03 Å². The van der Waals surface area contributed by atoms with Crippen LogP contribution in [0.15, 0.2) is 0 Å². The van der Waals surface area contributed by atoms with E-state index in [2.05, 4.69) is 0 Å². The van der Waals surface area contributed by atoms with Gasteiger partial charge in [0.15, 0.2) is 9.04 Å². The molecular formula is C14H33O6PSi. The molecule has 134 valence electrons. The second kappa shape index (κ2) is 10.2. The number of aliphatic hydroxyl groups excluding tert-OH is 1. The van der Waals surface area contributed by atoms with Crippen molar-refractivity contribution in [2.24, 2.45) is 5.41 Å². The lowest BCUT2D eigenvalue weighted by Gasteiger charge is -2.29. The van der Waals surface area contributed by atoms with Crippen LogP contribution in [0.5, 0.6) is 0 Å². The summed E-state index contributed by atoms with van der Waals surface area (Å²) in [7, 11) is -5.03. The van der Waals surface area contributed by atoms with Crippen LogP contribution >= 0.6 is 7.60 Å². The monoisotopic (exact) mass is 356 g/mol. The average molecular weight is 356 g/mol. The van der Waals surface area contributed by atoms with Gasteiger partial charge in [0.05, 0.1) is 25.9 Å². The van der Waals surface area contributed by atoms with Crippen LogP contribution in [0.3, 0.4) is 0 Å². The third kappa shape index (κ3) is 9.40. The Labute approximate surface area is 136 Å². The summed E-state index contributed by atoms with van der Waals surface area (Å²) >= 11 is 0. The van der Waals surface area contributed by atoms with Crippen molar-refractivity contribution in [1.82, 2.24) is 0 Å². The SMILES string of the molecule is CCOP(=O)(OCC)C(OCC(O)CC(C)(C)C)O[SiH](C)C. The molecule has 8 heteroatoms. The number of ether oxygens (including phenoxy) is 1. The van der Waals surface area contributed by atoms with Gasteiger partial charge >= 0.3 is 7.60 Å². The smallest absolute Gasteiger partial charge is 0.385 e. The van der Waals surface area contributed by atoms with E-state index in [0.29, 0.717) is 6.42 Å². The largest absolute Gasteiger partial charge is 0.391 e. The van der Waals surface area contributed by atoms with E-state index in [1.165, 1.54) is 0 Å². The lowest BCUT2D eigenvalue weighted by atomic mass is 9.89. The molecule has 0 fully saturated rings. The molecule has 0 aromatic carbocycles. The Balaban J connectivity index is 4.85. The Morgan fingerprint density at radius 1 is 1.14 bits per heavy atom. The predicted molar refractivity (Wildman–Crippen MR) is 90.6 cm³/mol. The number of hydrogen-bond donors (Lipinski definition) is 1. The second-order valence-corrected chi connectivity index (χ2v) is 11.0. The minimum absolute atomic E-state index is 0.0184. The van der Waals surface area contributed by atoms with Crippen molar-refractivity contribution in [2.45, 2.75) is 66.3 Å². The van der Waals surface area contributed by atoms with E-state index in [9.17, 15) is 9.67 Å². The van der Waals surface area contributed by atoms with Crippen LogP contribution < -0.4 is 0 Å². The molecule has 6 nitrogen and oxygen atoms in total. The van der Waals surface area contributed by atoms with Crippen molar-refractivity contribution >= 4 is 16.6 Å². The van der Waals surface area contributed by atoms with Gasteiger partial charge in [-0.15, -0.1) is 0 Å². The van der Waals surface area contributed by atoms with Gasteiger partial charge in [-0.3, -0.25) is 4.57 Å². The van der Waals surface area contributed by atoms with E-state index in [0.717, 1.165) is 0 Å². The highest BCUT2D eigenvalue weighted by Gasteiger charge is 2.38. The number of aliphatic hydroxyl groups is 1. The molecule has 0 rings (SSSR count). The van der Waals surface area contributed by atoms with Crippen molar-refractivity contribution in [3.63, 3.8) is 0 Å². The van der Waals surface area contributed by atoms with Crippen LogP contribution in [0.1, 0.15) is 41.0 Å². The Kier molecular flexibility index (Phi) is 10.3. The molecule has 22 heavy (non-hydrogen) atoms. The first-order valence-corrected chi connectivity index (χ1v) is 12.3. The van der Waals surface area contributed by atoms with Gasteiger partial charge in [0, 0.05) is 0 Å². The highest BCUT2D eigenvalue weighted by molar-refractivity contribution is 7.54. The fourth-order valence-electron chi connectivity index (χ4n) is 1.92. The van der Waals surface area contributed by atoms with Gasteiger partial charge in [-0.2, -0.15) is 0 Å². The zero-order valence-electron chi connectivity index (χ0n) is 15.0. The maximum atomic E-state index is 12.8. The molecule has 0 aliphatic heterocycles. The summed E-state index contributed by atoms with van der Waals surface area (Å²) in [4.78, 5) is 0. The molecule has 0 aliphatic carbocycles. The number of rotatable bonds is 11. The summed E-state index contributed by atoms with van der Waals surface area (Å²) in [5.74, 6) is 0. The highest BCUT2D eigenvalue weighted by atomic mass is 31.2. The van der Waals surface area contributed by atoms with Gasteiger partial charge in [0.2, 0.25) is 0 Å². The Morgan fingerprint density at radius 2 is 1.64 bits per heavy atom. The molecule has 0 saturated carbocycles. The van der Waals surface area contributed by atoms with Crippen LogP contribution in [0.4, 0.5) is 0 Å². The second-order valence-electron chi connectivity index (χ2n) is 6.62. The summed E-state index contributed by atoms with van der Waals surface area (Å²) in [6.07, 6.45) is -0.0801. The molecule has 2 unspecified atom stereocenters. The fourth-order valence-corrected chi connectivity index (χ4v) is 5.09. The van der Waals surface area contributed by atoms with Gasteiger partial charge < -0.3 is 23.3 Å². The fraction of sp³-hybridized carbons (Fsp3) is 1.00. The first-order valence-electron chi connectivity index (χ1n) is 7.88. The maximum Gasteiger partial charge on any atom is 0.385 e.